The molecule has 0 aliphatic heterocycles. The average Bonchev–Trinajstić information content (AvgIpc) is 2.25. The van der Waals surface area contributed by atoms with Crippen LogP contribution in [0.5, 0.6) is 0 Å². The first kappa shape index (κ1) is 12.3. The summed E-state index contributed by atoms with van der Waals surface area (Å²) >= 11 is 0. The highest BCUT2D eigenvalue weighted by Gasteiger charge is 2.03. The van der Waals surface area contributed by atoms with E-state index >= 15 is 0 Å². The van der Waals surface area contributed by atoms with Crippen LogP contribution < -0.4 is 5.32 Å². The summed E-state index contributed by atoms with van der Waals surface area (Å²) in [5.41, 5.74) is 2.85. The second kappa shape index (κ2) is 5.92. The van der Waals surface area contributed by atoms with Crippen LogP contribution in [0.25, 0.3) is 0 Å². The fourth-order valence-corrected chi connectivity index (χ4v) is 1.64. The van der Waals surface area contributed by atoms with Crippen molar-refractivity contribution >= 4 is 0 Å². The van der Waals surface area contributed by atoms with Gasteiger partial charge in [0.15, 0.2) is 0 Å². The summed E-state index contributed by atoms with van der Waals surface area (Å²) in [7, 11) is 2.01. The highest BCUT2D eigenvalue weighted by Crippen LogP contribution is 2.16. The van der Waals surface area contributed by atoms with Gasteiger partial charge in [-0.05, 0) is 43.9 Å². The standard InChI is InChI=1S/C14H23N/c1-11(2)8-9-13-6-5-7-14(10-13)12(3)15-4/h5-7,10-12,15H,8-9H2,1-4H3. The second-order valence-corrected chi connectivity index (χ2v) is 4.69. The lowest BCUT2D eigenvalue weighted by atomic mass is 9.99. The third-order valence-corrected chi connectivity index (χ3v) is 2.89. The maximum Gasteiger partial charge on any atom is 0.0289 e. The molecule has 1 nitrogen and oxygen atoms in total. The van der Waals surface area contributed by atoms with Crippen molar-refractivity contribution in [2.75, 3.05) is 7.05 Å². The average molecular weight is 205 g/mol. The van der Waals surface area contributed by atoms with Crippen molar-refractivity contribution in [2.45, 2.75) is 39.7 Å². The highest BCUT2D eigenvalue weighted by molar-refractivity contribution is 5.25. The molecule has 0 aliphatic carbocycles. The Morgan fingerprint density at radius 3 is 2.53 bits per heavy atom. The minimum Gasteiger partial charge on any atom is -0.313 e. The molecule has 1 heteroatoms. The van der Waals surface area contributed by atoms with E-state index in [1.165, 1.54) is 24.0 Å². The van der Waals surface area contributed by atoms with Gasteiger partial charge in [-0.3, -0.25) is 0 Å². The van der Waals surface area contributed by atoms with Crippen molar-refractivity contribution in [2.24, 2.45) is 5.92 Å². The van der Waals surface area contributed by atoms with Crippen LogP contribution in [0.4, 0.5) is 0 Å². The second-order valence-electron chi connectivity index (χ2n) is 4.69. The molecule has 1 unspecified atom stereocenters. The molecule has 1 rings (SSSR count). The van der Waals surface area contributed by atoms with Gasteiger partial charge in [0, 0.05) is 6.04 Å². The van der Waals surface area contributed by atoms with Gasteiger partial charge in [0.1, 0.15) is 0 Å². The minimum absolute atomic E-state index is 0.448. The Kier molecular flexibility index (Phi) is 4.83. The zero-order chi connectivity index (χ0) is 11.3. The van der Waals surface area contributed by atoms with Gasteiger partial charge < -0.3 is 5.32 Å². The summed E-state index contributed by atoms with van der Waals surface area (Å²) < 4.78 is 0. The van der Waals surface area contributed by atoms with E-state index in [9.17, 15) is 0 Å². The number of nitrogens with one attached hydrogen (secondary N) is 1. The van der Waals surface area contributed by atoms with Crippen LogP contribution in [0, 0.1) is 5.92 Å². The molecule has 0 aromatic heterocycles. The van der Waals surface area contributed by atoms with Crippen molar-refractivity contribution in [1.82, 2.24) is 5.32 Å². The van der Waals surface area contributed by atoms with E-state index < -0.39 is 0 Å². The van der Waals surface area contributed by atoms with E-state index in [1.807, 2.05) is 7.05 Å². The van der Waals surface area contributed by atoms with Crippen LogP contribution in [0.1, 0.15) is 44.4 Å². The molecule has 1 aromatic carbocycles. The third kappa shape index (κ3) is 4.05. The normalized spacial score (nSPS) is 13.1. The Labute approximate surface area is 93.9 Å². The quantitative estimate of drug-likeness (QED) is 0.775. The summed E-state index contributed by atoms with van der Waals surface area (Å²) in [6, 6.07) is 9.36. The predicted octanol–water partition coefficient (Wildman–Crippen LogP) is 3.56. The molecule has 0 radical (unpaired) electrons. The maximum atomic E-state index is 3.27. The van der Waals surface area contributed by atoms with Crippen molar-refractivity contribution in [3.63, 3.8) is 0 Å². The summed E-state index contributed by atoms with van der Waals surface area (Å²) in [6.07, 6.45) is 2.47. The zero-order valence-corrected chi connectivity index (χ0v) is 10.4. The molecule has 1 atom stereocenters. The summed E-state index contributed by atoms with van der Waals surface area (Å²) in [4.78, 5) is 0. The molecular weight excluding hydrogens is 182 g/mol. The van der Waals surface area contributed by atoms with Crippen LogP contribution in [-0.2, 0) is 6.42 Å². The van der Waals surface area contributed by atoms with Crippen LogP contribution in [-0.4, -0.2) is 7.05 Å². The number of hydrogen-bond acceptors (Lipinski definition) is 1. The molecule has 1 aromatic rings. The first-order valence-electron chi connectivity index (χ1n) is 5.89. The molecule has 0 heterocycles. The summed E-state index contributed by atoms with van der Waals surface area (Å²) in [5.74, 6) is 0.787. The van der Waals surface area contributed by atoms with Gasteiger partial charge in [0.05, 0.1) is 0 Å². The molecule has 0 saturated heterocycles. The number of rotatable bonds is 5. The lowest BCUT2D eigenvalue weighted by molar-refractivity contribution is 0.585. The van der Waals surface area contributed by atoms with E-state index in [0.717, 1.165) is 5.92 Å². The van der Waals surface area contributed by atoms with Crippen molar-refractivity contribution in [1.29, 1.82) is 0 Å². The van der Waals surface area contributed by atoms with Gasteiger partial charge in [-0.15, -0.1) is 0 Å². The lowest BCUT2D eigenvalue weighted by Crippen LogP contribution is -2.12. The van der Waals surface area contributed by atoms with Crippen LogP contribution in [0.15, 0.2) is 24.3 Å². The monoisotopic (exact) mass is 205 g/mol. The van der Waals surface area contributed by atoms with Gasteiger partial charge in [-0.25, -0.2) is 0 Å². The molecular formula is C14H23N. The van der Waals surface area contributed by atoms with Crippen molar-refractivity contribution in [3.05, 3.63) is 35.4 Å². The Morgan fingerprint density at radius 1 is 1.20 bits per heavy atom. The van der Waals surface area contributed by atoms with Gasteiger partial charge in [0.2, 0.25) is 0 Å². The molecule has 15 heavy (non-hydrogen) atoms. The first-order valence-corrected chi connectivity index (χ1v) is 5.89. The van der Waals surface area contributed by atoms with Crippen molar-refractivity contribution < 1.29 is 0 Å². The first-order chi connectivity index (χ1) is 7.13. The topological polar surface area (TPSA) is 12.0 Å². The van der Waals surface area contributed by atoms with Gasteiger partial charge >= 0.3 is 0 Å². The molecule has 0 spiro atoms. The Morgan fingerprint density at radius 2 is 1.93 bits per heavy atom. The van der Waals surface area contributed by atoms with E-state index in [2.05, 4.69) is 50.4 Å². The fourth-order valence-electron chi connectivity index (χ4n) is 1.64. The molecule has 0 amide bonds. The number of aryl methyl sites for hydroxylation is 1. The van der Waals surface area contributed by atoms with E-state index in [1.54, 1.807) is 0 Å². The van der Waals surface area contributed by atoms with Gasteiger partial charge in [-0.2, -0.15) is 0 Å². The lowest BCUT2D eigenvalue weighted by Gasteiger charge is -2.12. The molecule has 1 N–H and O–H groups in total. The van der Waals surface area contributed by atoms with E-state index in [0.29, 0.717) is 6.04 Å². The Hall–Kier alpha value is -0.820. The SMILES string of the molecule is CNC(C)c1cccc(CCC(C)C)c1. The van der Waals surface area contributed by atoms with Crippen LogP contribution in [0.3, 0.4) is 0 Å². The smallest absolute Gasteiger partial charge is 0.0289 e. The van der Waals surface area contributed by atoms with E-state index in [4.69, 9.17) is 0 Å². The maximum absolute atomic E-state index is 3.27. The minimum atomic E-state index is 0.448. The number of benzene rings is 1. The molecule has 0 aliphatic rings. The summed E-state index contributed by atoms with van der Waals surface area (Å²) in [5, 5.41) is 3.27. The van der Waals surface area contributed by atoms with Gasteiger partial charge in [0.25, 0.3) is 0 Å². The molecule has 0 saturated carbocycles. The van der Waals surface area contributed by atoms with E-state index in [-0.39, 0.29) is 0 Å². The predicted molar refractivity (Wildman–Crippen MR) is 67.1 cm³/mol. The Bertz CT molecular complexity index is 291. The van der Waals surface area contributed by atoms with Crippen LogP contribution in [0.2, 0.25) is 0 Å². The van der Waals surface area contributed by atoms with Crippen LogP contribution >= 0.6 is 0 Å². The van der Waals surface area contributed by atoms with Crippen molar-refractivity contribution in [3.8, 4) is 0 Å². The molecule has 84 valence electrons. The Balaban J connectivity index is 2.65. The summed E-state index contributed by atoms with van der Waals surface area (Å²) in [6.45, 7) is 6.75. The zero-order valence-electron chi connectivity index (χ0n) is 10.4. The number of hydrogen-bond donors (Lipinski definition) is 1. The largest absolute Gasteiger partial charge is 0.313 e. The molecule has 0 bridgehead atoms. The van der Waals surface area contributed by atoms with Gasteiger partial charge in [-0.1, -0.05) is 38.1 Å². The highest BCUT2D eigenvalue weighted by atomic mass is 14.8. The molecule has 0 fully saturated rings. The fraction of sp³-hybridized carbons (Fsp3) is 0.571. The third-order valence-electron chi connectivity index (χ3n) is 2.89.